The number of ether oxygens (including phenoxy) is 1. The molecule has 2 atom stereocenters. The smallest absolute Gasteiger partial charge is 0.191 e. The van der Waals surface area contributed by atoms with E-state index in [9.17, 15) is 4.79 Å². The summed E-state index contributed by atoms with van der Waals surface area (Å²) in [6.07, 6.45) is 4.30. The Bertz CT molecular complexity index is 718. The Labute approximate surface area is 120 Å². The van der Waals surface area contributed by atoms with Crippen molar-refractivity contribution in [2.45, 2.75) is 25.0 Å². The number of hydrogen-bond acceptors (Lipinski definition) is 4. The van der Waals surface area contributed by atoms with Gasteiger partial charge in [-0.05, 0) is 18.9 Å². The zero-order chi connectivity index (χ0) is 13.7. The van der Waals surface area contributed by atoms with E-state index in [-0.39, 0.29) is 17.6 Å². The van der Waals surface area contributed by atoms with Crippen molar-refractivity contribution < 1.29 is 4.74 Å². The Kier molecular flexibility index (Phi) is 2.72. The summed E-state index contributed by atoms with van der Waals surface area (Å²) in [5, 5.41) is 0.905. The van der Waals surface area contributed by atoms with Crippen LogP contribution in [-0.4, -0.2) is 35.3 Å². The number of aromatic amines is 1. The normalized spacial score (nSPS) is 25.4. The Balaban J connectivity index is 1.81. The molecular weight excluding hydrogens is 278 g/mol. The van der Waals surface area contributed by atoms with E-state index in [1.807, 2.05) is 0 Å². The maximum Gasteiger partial charge on any atom is 0.191 e. The van der Waals surface area contributed by atoms with Crippen molar-refractivity contribution in [3.05, 3.63) is 33.7 Å². The third kappa shape index (κ3) is 1.89. The lowest BCUT2D eigenvalue weighted by Gasteiger charge is -2.33. The molecule has 0 aliphatic carbocycles. The Morgan fingerprint density at radius 1 is 1.35 bits per heavy atom. The van der Waals surface area contributed by atoms with Crippen LogP contribution in [0.4, 0.5) is 5.82 Å². The van der Waals surface area contributed by atoms with Crippen molar-refractivity contribution in [3.63, 3.8) is 0 Å². The summed E-state index contributed by atoms with van der Waals surface area (Å²) in [7, 11) is 0. The van der Waals surface area contributed by atoms with Crippen molar-refractivity contribution in [3.8, 4) is 0 Å². The minimum absolute atomic E-state index is 0.0307. The molecule has 2 saturated heterocycles. The van der Waals surface area contributed by atoms with E-state index >= 15 is 0 Å². The molecule has 2 aliphatic heterocycles. The highest BCUT2D eigenvalue weighted by atomic mass is 35.5. The predicted molar refractivity (Wildman–Crippen MR) is 77.5 cm³/mol. The van der Waals surface area contributed by atoms with E-state index in [4.69, 9.17) is 16.3 Å². The first-order chi connectivity index (χ1) is 9.70. The van der Waals surface area contributed by atoms with E-state index in [2.05, 4.69) is 14.9 Å². The summed E-state index contributed by atoms with van der Waals surface area (Å²) < 4.78 is 5.82. The molecule has 2 bridgehead atoms. The number of nitrogens with one attached hydrogen (secondary N) is 1. The van der Waals surface area contributed by atoms with Crippen molar-refractivity contribution in [2.24, 2.45) is 0 Å². The number of pyridine rings is 2. The van der Waals surface area contributed by atoms with Crippen LogP contribution in [0.2, 0.25) is 5.15 Å². The van der Waals surface area contributed by atoms with E-state index in [0.717, 1.165) is 31.7 Å². The number of aromatic nitrogens is 2. The van der Waals surface area contributed by atoms with E-state index in [1.54, 1.807) is 18.3 Å². The van der Waals surface area contributed by atoms with E-state index in [0.29, 0.717) is 16.1 Å². The third-order valence-corrected chi connectivity index (χ3v) is 4.36. The molecule has 2 aliphatic rings. The quantitative estimate of drug-likeness (QED) is 0.816. The number of morpholine rings is 1. The SMILES string of the molecule is O=c1cc(N2C[C@H]3CC[C@@H](C2)O3)[nH]c2c(Cl)nccc12. The molecule has 104 valence electrons. The molecule has 4 rings (SSSR count). The molecule has 1 N–H and O–H groups in total. The Hall–Kier alpha value is -1.59. The lowest BCUT2D eigenvalue weighted by molar-refractivity contribution is 0.0302. The van der Waals surface area contributed by atoms with Crippen LogP contribution in [0.15, 0.2) is 23.1 Å². The molecule has 6 heteroatoms. The van der Waals surface area contributed by atoms with Gasteiger partial charge in [0.2, 0.25) is 0 Å². The van der Waals surface area contributed by atoms with Gasteiger partial charge in [0.05, 0.1) is 23.1 Å². The highest BCUT2D eigenvalue weighted by Crippen LogP contribution is 2.29. The van der Waals surface area contributed by atoms with Crippen LogP contribution in [0, 0.1) is 0 Å². The van der Waals surface area contributed by atoms with Gasteiger partial charge in [-0.1, -0.05) is 11.6 Å². The van der Waals surface area contributed by atoms with Crippen molar-refractivity contribution in [1.29, 1.82) is 0 Å². The molecule has 0 spiro atoms. The highest BCUT2D eigenvalue weighted by Gasteiger charge is 2.34. The second-order valence-electron chi connectivity index (χ2n) is 5.41. The lowest BCUT2D eigenvalue weighted by Crippen LogP contribution is -2.43. The first-order valence-corrected chi connectivity index (χ1v) is 7.16. The van der Waals surface area contributed by atoms with Gasteiger partial charge >= 0.3 is 0 Å². The van der Waals surface area contributed by atoms with Crippen LogP contribution >= 0.6 is 11.6 Å². The van der Waals surface area contributed by atoms with Crippen LogP contribution < -0.4 is 10.3 Å². The first-order valence-electron chi connectivity index (χ1n) is 6.78. The third-order valence-electron chi connectivity index (χ3n) is 4.08. The Morgan fingerprint density at radius 2 is 2.10 bits per heavy atom. The standard InChI is InChI=1S/C14H14ClN3O2/c15-14-13-10(3-4-16-14)11(19)5-12(17-13)18-6-8-1-2-9(7-18)20-8/h3-5,8-9H,1-2,6-7H2,(H,17,19)/t8-,9+. The van der Waals surface area contributed by atoms with Gasteiger partial charge in [-0.25, -0.2) is 4.98 Å². The maximum absolute atomic E-state index is 12.2. The van der Waals surface area contributed by atoms with Gasteiger partial charge in [-0.2, -0.15) is 0 Å². The number of anilines is 1. The van der Waals surface area contributed by atoms with Crippen LogP contribution in [0.3, 0.4) is 0 Å². The van der Waals surface area contributed by atoms with Crippen LogP contribution in [0.1, 0.15) is 12.8 Å². The average Bonchev–Trinajstić information content (AvgIpc) is 2.78. The summed E-state index contributed by atoms with van der Waals surface area (Å²) in [6.45, 7) is 1.63. The average molecular weight is 292 g/mol. The first kappa shape index (κ1) is 12.2. The number of fused-ring (bicyclic) bond motifs is 3. The summed E-state index contributed by atoms with van der Waals surface area (Å²) >= 11 is 6.09. The topological polar surface area (TPSA) is 58.2 Å². The Morgan fingerprint density at radius 3 is 2.85 bits per heavy atom. The number of halogens is 1. The summed E-state index contributed by atoms with van der Waals surface area (Å²) in [4.78, 5) is 21.7. The van der Waals surface area contributed by atoms with Gasteiger partial charge in [-0.15, -0.1) is 0 Å². The number of H-pyrrole nitrogens is 1. The fourth-order valence-corrected chi connectivity index (χ4v) is 3.31. The van der Waals surface area contributed by atoms with E-state index in [1.165, 1.54) is 0 Å². The largest absolute Gasteiger partial charge is 0.371 e. The molecule has 0 radical (unpaired) electrons. The van der Waals surface area contributed by atoms with Crippen molar-refractivity contribution >= 4 is 28.3 Å². The highest BCUT2D eigenvalue weighted by molar-refractivity contribution is 6.33. The molecule has 0 saturated carbocycles. The molecule has 0 amide bonds. The molecule has 5 nitrogen and oxygen atoms in total. The minimum atomic E-state index is -0.0307. The molecule has 4 heterocycles. The lowest BCUT2D eigenvalue weighted by atomic mass is 10.2. The molecule has 0 unspecified atom stereocenters. The molecule has 20 heavy (non-hydrogen) atoms. The number of hydrogen-bond donors (Lipinski definition) is 1. The van der Waals surface area contributed by atoms with Crippen LogP contribution in [0.25, 0.3) is 10.9 Å². The van der Waals surface area contributed by atoms with Gasteiger partial charge < -0.3 is 14.6 Å². The second kappa shape index (κ2) is 4.46. The van der Waals surface area contributed by atoms with Crippen molar-refractivity contribution in [1.82, 2.24) is 9.97 Å². The monoisotopic (exact) mass is 291 g/mol. The predicted octanol–water partition coefficient (Wildman–Crippen LogP) is 1.94. The fourth-order valence-electron chi connectivity index (χ4n) is 3.11. The summed E-state index contributed by atoms with van der Waals surface area (Å²) in [6, 6.07) is 3.33. The summed E-state index contributed by atoms with van der Waals surface area (Å²) in [5.74, 6) is 0.803. The molecular formula is C14H14ClN3O2. The zero-order valence-electron chi connectivity index (χ0n) is 10.8. The maximum atomic E-state index is 12.2. The van der Waals surface area contributed by atoms with Gasteiger partial charge in [0.25, 0.3) is 0 Å². The molecule has 2 fully saturated rings. The summed E-state index contributed by atoms with van der Waals surface area (Å²) in [5.41, 5.74) is 0.576. The molecule has 0 aromatic carbocycles. The number of nitrogens with zero attached hydrogens (tertiary/aromatic N) is 2. The molecule has 2 aromatic rings. The fraction of sp³-hybridized carbons (Fsp3) is 0.429. The van der Waals surface area contributed by atoms with Gasteiger partial charge in [-0.3, -0.25) is 4.79 Å². The number of rotatable bonds is 1. The zero-order valence-corrected chi connectivity index (χ0v) is 11.6. The minimum Gasteiger partial charge on any atom is -0.371 e. The van der Waals surface area contributed by atoms with Gasteiger partial charge in [0.15, 0.2) is 10.6 Å². The van der Waals surface area contributed by atoms with Crippen LogP contribution in [0.5, 0.6) is 0 Å². The van der Waals surface area contributed by atoms with E-state index < -0.39 is 0 Å². The van der Waals surface area contributed by atoms with Gasteiger partial charge in [0, 0.05) is 25.4 Å². The van der Waals surface area contributed by atoms with Gasteiger partial charge in [0.1, 0.15) is 5.82 Å². The second-order valence-corrected chi connectivity index (χ2v) is 5.76. The van der Waals surface area contributed by atoms with Crippen LogP contribution in [-0.2, 0) is 4.74 Å². The van der Waals surface area contributed by atoms with Crippen molar-refractivity contribution in [2.75, 3.05) is 18.0 Å². The molecule has 2 aromatic heterocycles.